The minimum atomic E-state index is -0.155. The second-order valence-corrected chi connectivity index (χ2v) is 6.22. The van der Waals surface area contributed by atoms with Crippen LogP contribution in [0.2, 0.25) is 0 Å². The van der Waals surface area contributed by atoms with Crippen LogP contribution in [0.4, 0.5) is 0 Å². The fourth-order valence-corrected chi connectivity index (χ4v) is 1.73. The van der Waals surface area contributed by atoms with Gasteiger partial charge in [-0.15, -0.1) is 0 Å². The summed E-state index contributed by atoms with van der Waals surface area (Å²) in [6, 6.07) is 0. The van der Waals surface area contributed by atoms with E-state index in [0.717, 1.165) is 25.9 Å². The van der Waals surface area contributed by atoms with E-state index in [1.54, 1.807) is 0 Å². The van der Waals surface area contributed by atoms with Crippen LogP contribution in [0.1, 0.15) is 60.3 Å². The molecule has 0 aromatic carbocycles. The Hall–Kier alpha value is -0.570. The lowest BCUT2D eigenvalue weighted by atomic mass is 10.1. The first-order valence-corrected chi connectivity index (χ1v) is 7.67. The molecule has 0 N–H and O–H groups in total. The highest BCUT2D eigenvalue weighted by Gasteiger charge is 2.14. The van der Waals surface area contributed by atoms with Crippen molar-refractivity contribution in [1.29, 1.82) is 0 Å². The van der Waals surface area contributed by atoms with Gasteiger partial charge in [0, 0.05) is 6.61 Å². The zero-order chi connectivity index (χ0) is 14.7. The molecule has 0 bridgehead atoms. The second kappa shape index (κ2) is 11.3. The topological polar surface area (TPSA) is 35.5 Å². The molecule has 1 atom stereocenters. The number of hydrogen-bond acceptors (Lipinski definition) is 3. The second-order valence-electron chi connectivity index (χ2n) is 6.22. The lowest BCUT2D eigenvalue weighted by molar-refractivity contribution is -0.150. The summed E-state index contributed by atoms with van der Waals surface area (Å²) >= 11 is 0. The maximum absolute atomic E-state index is 11.7. The summed E-state index contributed by atoms with van der Waals surface area (Å²) in [7, 11) is 0. The smallest absolute Gasteiger partial charge is 0.310 e. The van der Waals surface area contributed by atoms with Crippen molar-refractivity contribution in [2.45, 2.75) is 60.3 Å². The molecule has 0 aromatic heterocycles. The molecule has 0 aromatic rings. The van der Waals surface area contributed by atoms with E-state index in [2.05, 4.69) is 27.7 Å². The minimum Gasteiger partial charge on any atom is -0.465 e. The highest BCUT2D eigenvalue weighted by atomic mass is 16.5. The lowest BCUT2D eigenvalue weighted by Crippen LogP contribution is -2.20. The molecule has 19 heavy (non-hydrogen) atoms. The third kappa shape index (κ3) is 12.2. The first-order chi connectivity index (χ1) is 8.93. The zero-order valence-corrected chi connectivity index (χ0v) is 13.4. The molecule has 0 radical (unpaired) electrons. The summed E-state index contributed by atoms with van der Waals surface area (Å²) in [5.41, 5.74) is 0. The molecule has 0 aliphatic carbocycles. The van der Waals surface area contributed by atoms with Crippen LogP contribution in [0.3, 0.4) is 0 Å². The third-order valence-corrected chi connectivity index (χ3v) is 3.01. The third-order valence-electron chi connectivity index (χ3n) is 3.01. The van der Waals surface area contributed by atoms with E-state index in [4.69, 9.17) is 9.47 Å². The van der Waals surface area contributed by atoms with Gasteiger partial charge in [-0.2, -0.15) is 0 Å². The van der Waals surface area contributed by atoms with Crippen LogP contribution in [0, 0.1) is 17.8 Å². The van der Waals surface area contributed by atoms with Gasteiger partial charge in [0.05, 0.1) is 19.1 Å². The van der Waals surface area contributed by atoms with Crippen LogP contribution < -0.4 is 0 Å². The molecule has 0 aliphatic rings. The van der Waals surface area contributed by atoms with Crippen molar-refractivity contribution >= 4 is 5.97 Å². The highest BCUT2D eigenvalue weighted by molar-refractivity contribution is 5.72. The van der Waals surface area contributed by atoms with E-state index >= 15 is 0 Å². The Morgan fingerprint density at radius 2 is 1.42 bits per heavy atom. The Labute approximate surface area is 119 Å². The minimum absolute atomic E-state index is 0.132. The van der Waals surface area contributed by atoms with Crippen molar-refractivity contribution in [2.75, 3.05) is 19.8 Å². The number of hydrogen-bond donors (Lipinski definition) is 0. The van der Waals surface area contributed by atoms with Gasteiger partial charge in [-0.05, 0) is 44.4 Å². The molecule has 0 fully saturated rings. The van der Waals surface area contributed by atoms with E-state index in [-0.39, 0.29) is 11.9 Å². The van der Waals surface area contributed by atoms with Crippen LogP contribution in [0.25, 0.3) is 0 Å². The van der Waals surface area contributed by atoms with E-state index in [9.17, 15) is 4.79 Å². The molecule has 0 heterocycles. The molecule has 3 nitrogen and oxygen atoms in total. The predicted molar refractivity (Wildman–Crippen MR) is 79.1 cm³/mol. The molecule has 0 aliphatic heterocycles. The van der Waals surface area contributed by atoms with Gasteiger partial charge in [0.15, 0.2) is 0 Å². The number of esters is 1. The van der Waals surface area contributed by atoms with E-state index in [0.29, 0.717) is 25.0 Å². The van der Waals surface area contributed by atoms with Crippen LogP contribution in [-0.4, -0.2) is 25.8 Å². The quantitative estimate of drug-likeness (QED) is 0.420. The van der Waals surface area contributed by atoms with Gasteiger partial charge < -0.3 is 9.47 Å². The van der Waals surface area contributed by atoms with Gasteiger partial charge in [-0.3, -0.25) is 4.79 Å². The summed E-state index contributed by atoms with van der Waals surface area (Å²) in [5.74, 6) is 1.10. The van der Waals surface area contributed by atoms with Crippen molar-refractivity contribution in [3.8, 4) is 0 Å². The van der Waals surface area contributed by atoms with Gasteiger partial charge in [-0.25, -0.2) is 0 Å². The fraction of sp³-hybridized carbons (Fsp3) is 0.938. The lowest BCUT2D eigenvalue weighted by Gasteiger charge is -2.12. The summed E-state index contributed by atoms with van der Waals surface area (Å²) in [5, 5.41) is 0. The fourth-order valence-electron chi connectivity index (χ4n) is 1.73. The van der Waals surface area contributed by atoms with E-state index < -0.39 is 0 Å². The van der Waals surface area contributed by atoms with Crippen molar-refractivity contribution < 1.29 is 14.3 Å². The predicted octanol–water partition coefficient (Wildman–Crippen LogP) is 4.05. The van der Waals surface area contributed by atoms with Crippen molar-refractivity contribution in [3.05, 3.63) is 0 Å². The molecular weight excluding hydrogens is 240 g/mol. The summed E-state index contributed by atoms with van der Waals surface area (Å²) < 4.78 is 10.7. The largest absolute Gasteiger partial charge is 0.465 e. The number of rotatable bonds is 11. The first-order valence-electron chi connectivity index (χ1n) is 7.67. The molecule has 0 rings (SSSR count). The summed E-state index contributed by atoms with van der Waals surface area (Å²) in [4.78, 5) is 11.7. The van der Waals surface area contributed by atoms with Gasteiger partial charge in [-0.1, -0.05) is 27.7 Å². The Morgan fingerprint density at radius 1 is 0.895 bits per heavy atom. The molecule has 0 amide bonds. The van der Waals surface area contributed by atoms with Gasteiger partial charge in [0.1, 0.15) is 0 Å². The van der Waals surface area contributed by atoms with Gasteiger partial charge >= 0.3 is 5.97 Å². The Bertz CT molecular complexity index is 224. The van der Waals surface area contributed by atoms with Crippen LogP contribution in [0.15, 0.2) is 0 Å². The SMILES string of the molecule is CC(C)CCCOCC(C)C(=O)OCCCC(C)C. The molecule has 0 saturated heterocycles. The number of ether oxygens (including phenoxy) is 2. The molecule has 114 valence electrons. The van der Waals surface area contributed by atoms with E-state index in [1.807, 2.05) is 6.92 Å². The van der Waals surface area contributed by atoms with Crippen molar-refractivity contribution in [2.24, 2.45) is 17.8 Å². The molecular formula is C16H32O3. The normalized spacial score (nSPS) is 13.0. The maximum atomic E-state index is 11.7. The van der Waals surface area contributed by atoms with E-state index in [1.165, 1.54) is 6.42 Å². The molecule has 0 spiro atoms. The average Bonchev–Trinajstić information content (AvgIpc) is 2.33. The Balaban J connectivity index is 3.48. The Kier molecular flexibility index (Phi) is 10.9. The number of carbonyl (C=O) groups excluding carboxylic acids is 1. The molecule has 1 unspecified atom stereocenters. The number of carbonyl (C=O) groups is 1. The first kappa shape index (κ1) is 18.4. The Morgan fingerprint density at radius 3 is 1.95 bits per heavy atom. The van der Waals surface area contributed by atoms with Crippen LogP contribution >= 0.6 is 0 Å². The summed E-state index contributed by atoms with van der Waals surface area (Å²) in [6.07, 6.45) is 4.29. The van der Waals surface area contributed by atoms with Gasteiger partial charge in [0.25, 0.3) is 0 Å². The molecule has 0 saturated carbocycles. The zero-order valence-electron chi connectivity index (χ0n) is 13.4. The standard InChI is InChI=1S/C16H32O3/c1-13(2)8-6-10-18-12-15(5)16(17)19-11-7-9-14(3)4/h13-15H,6-12H2,1-5H3. The van der Waals surface area contributed by atoms with Crippen LogP contribution in [0.5, 0.6) is 0 Å². The van der Waals surface area contributed by atoms with Crippen molar-refractivity contribution in [3.63, 3.8) is 0 Å². The molecule has 3 heteroatoms. The highest BCUT2D eigenvalue weighted by Crippen LogP contribution is 2.07. The monoisotopic (exact) mass is 272 g/mol. The average molecular weight is 272 g/mol. The van der Waals surface area contributed by atoms with Crippen LogP contribution in [-0.2, 0) is 14.3 Å². The summed E-state index contributed by atoms with van der Waals surface area (Å²) in [6.45, 7) is 12.4. The van der Waals surface area contributed by atoms with Gasteiger partial charge in [0.2, 0.25) is 0 Å². The van der Waals surface area contributed by atoms with Crippen molar-refractivity contribution in [1.82, 2.24) is 0 Å². The maximum Gasteiger partial charge on any atom is 0.310 e.